The summed E-state index contributed by atoms with van der Waals surface area (Å²) in [6.07, 6.45) is -0.876. The Kier molecular flexibility index (Phi) is 6.08. The van der Waals surface area contributed by atoms with Crippen molar-refractivity contribution in [3.63, 3.8) is 0 Å². The van der Waals surface area contributed by atoms with Crippen LogP contribution in [-0.2, 0) is 4.79 Å². The van der Waals surface area contributed by atoms with Crippen LogP contribution in [0, 0.1) is 0 Å². The number of aliphatic carboxylic acids is 1. The number of carboxylic acid groups (broad SMARTS) is 1. The zero-order valence-corrected chi connectivity index (χ0v) is 6.68. The van der Waals surface area contributed by atoms with Crippen molar-refractivity contribution in [2.45, 2.75) is 12.8 Å². The van der Waals surface area contributed by atoms with Crippen molar-refractivity contribution in [2.75, 3.05) is 6.56 Å². The quantitative estimate of drug-likeness (QED) is 0.390. The number of carboxylic acids is 1. The van der Waals surface area contributed by atoms with Gasteiger partial charge in [-0.25, -0.2) is 0 Å². The molecule has 0 fully saturated rings. The molecule has 0 amide bonds. The first kappa shape index (κ1) is 6.55. The molecule has 42 valence electrons. The molecule has 0 bridgehead atoms. The van der Waals surface area contributed by atoms with Gasteiger partial charge in [0.15, 0.2) is 0 Å². The predicted octanol–water partition coefficient (Wildman–Crippen LogP) is -4.49. The molecule has 0 saturated heterocycles. The maximum atomic E-state index is 9.66. The van der Waals surface area contributed by atoms with Gasteiger partial charge in [0, 0.05) is 12.5 Å². The van der Waals surface area contributed by atoms with Gasteiger partial charge in [-0.05, 0) is 12.8 Å². The van der Waals surface area contributed by atoms with Crippen molar-refractivity contribution in [1.29, 1.82) is 0 Å². The van der Waals surface area contributed by atoms with Crippen molar-refractivity contribution < 1.29 is 47.3 Å². The van der Waals surface area contributed by atoms with Crippen molar-refractivity contribution in [3.05, 3.63) is 0 Å². The van der Waals surface area contributed by atoms with E-state index >= 15 is 0 Å². The van der Waals surface area contributed by atoms with E-state index in [9.17, 15) is 9.90 Å². The summed E-state index contributed by atoms with van der Waals surface area (Å²) in [7, 11) is 0. The number of rotatable bonds is 3. The van der Waals surface area contributed by atoms with Gasteiger partial charge in [0.2, 0.25) is 0 Å². The third-order valence-corrected chi connectivity index (χ3v) is 0.441. The molecule has 0 aromatic rings. The fraction of sp³-hybridized carbons (Fsp3) is 0.750. The summed E-state index contributed by atoms with van der Waals surface area (Å²) in [4.78, 5) is 9.66. The Balaban J connectivity index is 0. The first-order valence-electron chi connectivity index (χ1n) is 2.84. The summed E-state index contributed by atoms with van der Waals surface area (Å²) in [5.74, 6) is -1.35. The van der Waals surface area contributed by atoms with Crippen molar-refractivity contribution >= 4 is 5.97 Å². The van der Waals surface area contributed by atoms with E-state index in [1.54, 1.807) is 0 Å². The maximum Gasteiger partial charge on any atom is 1.00 e. The van der Waals surface area contributed by atoms with Crippen LogP contribution in [0.5, 0.6) is 0 Å². The minimum Gasteiger partial charge on any atom is -0.550 e. The third kappa shape index (κ3) is 9.66. The van der Waals surface area contributed by atoms with Crippen molar-refractivity contribution in [1.82, 2.24) is 0 Å². The van der Waals surface area contributed by atoms with Crippen LogP contribution in [-0.4, -0.2) is 17.6 Å². The Labute approximate surface area is 72.8 Å². The van der Waals surface area contributed by atoms with Crippen LogP contribution in [0.3, 0.4) is 0 Å². The number of hydrogen-bond acceptors (Lipinski definition) is 3. The van der Waals surface area contributed by atoms with Gasteiger partial charge in [0.25, 0.3) is 0 Å². The van der Waals surface area contributed by atoms with Crippen LogP contribution < -0.4 is 34.7 Å². The first-order valence-corrected chi connectivity index (χ1v) is 1.84. The van der Waals surface area contributed by atoms with Gasteiger partial charge in [0.05, 0.1) is 2.74 Å². The van der Waals surface area contributed by atoms with Gasteiger partial charge < -0.3 is 15.0 Å². The Hall–Kier alpha value is 0.430. The fourth-order valence-electron chi connectivity index (χ4n) is 0.158. The maximum absolute atomic E-state index is 9.66. The molecule has 0 unspecified atom stereocenters. The second kappa shape index (κ2) is 7.43. The summed E-state index contributed by atoms with van der Waals surface area (Å²) in [6.45, 7) is -2.39. The summed E-state index contributed by atoms with van der Waals surface area (Å²) < 4.78 is 12.9. The smallest absolute Gasteiger partial charge is 0.550 e. The van der Waals surface area contributed by atoms with Crippen LogP contribution in [0.2, 0.25) is 0 Å². The average Bonchev–Trinajstić information content (AvgIpc) is 1.59. The van der Waals surface area contributed by atoms with Crippen LogP contribution >= 0.6 is 0 Å². The fourth-order valence-corrected chi connectivity index (χ4v) is 0.158. The predicted molar refractivity (Wildman–Crippen MR) is 21.3 cm³/mol. The monoisotopic (exact) mass is 128 g/mol. The molecule has 0 aliphatic heterocycles. The second-order valence-corrected chi connectivity index (χ2v) is 1.03. The Morgan fingerprint density at radius 3 is 2.50 bits per heavy atom. The molecule has 0 atom stereocenters. The molecular formula is C4H7NaO3. The Bertz CT molecular complexity index is 112. The van der Waals surface area contributed by atoms with Crippen LogP contribution in [0.1, 0.15) is 15.6 Å². The van der Waals surface area contributed by atoms with E-state index < -0.39 is 25.4 Å². The molecule has 0 radical (unpaired) electrons. The van der Waals surface area contributed by atoms with Gasteiger partial charge in [-0.15, -0.1) is 0 Å². The van der Waals surface area contributed by atoms with E-state index in [0.29, 0.717) is 0 Å². The summed E-state index contributed by atoms with van der Waals surface area (Å²) >= 11 is 0. The number of carbonyl (C=O) groups excluding carboxylic acids is 1. The summed E-state index contributed by atoms with van der Waals surface area (Å²) in [5.41, 5.74) is 0. The minimum absolute atomic E-state index is 0. The second-order valence-electron chi connectivity index (χ2n) is 1.03. The molecule has 8 heavy (non-hydrogen) atoms. The third-order valence-electron chi connectivity index (χ3n) is 0.441. The van der Waals surface area contributed by atoms with E-state index in [4.69, 9.17) is 7.85 Å². The molecule has 0 aliphatic rings. The first-order chi connectivity index (χ1) is 3.92. The van der Waals surface area contributed by atoms with E-state index in [0.717, 1.165) is 0 Å². The van der Waals surface area contributed by atoms with Crippen molar-refractivity contribution in [2.24, 2.45) is 0 Å². The molecule has 4 heteroatoms. The summed E-state index contributed by atoms with van der Waals surface area (Å²) in [6, 6.07) is 0. The Morgan fingerprint density at radius 2 is 2.38 bits per heavy atom. The summed E-state index contributed by atoms with van der Waals surface area (Å²) in [5, 5.41) is 18.0. The van der Waals surface area contributed by atoms with Crippen LogP contribution in [0.25, 0.3) is 0 Å². The molecule has 0 aromatic carbocycles. The molecule has 1 N–H and O–H groups in total. The zero-order chi connectivity index (χ0) is 7.49. The largest absolute Gasteiger partial charge is 1.00 e. The number of carbonyl (C=O) groups is 1. The number of hydrogen-bond donors (Lipinski definition) is 1. The van der Waals surface area contributed by atoms with Gasteiger partial charge in [-0.2, -0.15) is 0 Å². The average molecular weight is 128 g/mol. The Morgan fingerprint density at radius 1 is 1.88 bits per heavy atom. The molecule has 0 saturated carbocycles. The van der Waals surface area contributed by atoms with E-state index in [1.165, 1.54) is 0 Å². The number of aliphatic hydroxyl groups is 1. The van der Waals surface area contributed by atoms with E-state index in [2.05, 4.69) is 0 Å². The minimum atomic E-state index is -2.39. The van der Waals surface area contributed by atoms with Crippen LogP contribution in [0.15, 0.2) is 0 Å². The standard InChI is InChI=1S/C4H8O3.Na/c5-3-1-2-4(6)7;/h5H,1-3H2,(H,6,7);/q;+1/p-1/i3D2;. The molecule has 0 heterocycles. The SMILES string of the molecule is [2H]C([2H])(O)CCC(=O)[O-].[Na+]. The molecule has 0 aromatic heterocycles. The van der Waals surface area contributed by atoms with Crippen molar-refractivity contribution in [3.8, 4) is 0 Å². The van der Waals surface area contributed by atoms with E-state index in [1.807, 2.05) is 0 Å². The molecule has 0 rings (SSSR count). The van der Waals surface area contributed by atoms with E-state index in [-0.39, 0.29) is 29.6 Å². The molecule has 0 aliphatic carbocycles. The van der Waals surface area contributed by atoms with Gasteiger partial charge in [-0.3, -0.25) is 0 Å². The van der Waals surface area contributed by atoms with Gasteiger partial charge >= 0.3 is 29.6 Å². The zero-order valence-electron chi connectivity index (χ0n) is 6.68. The van der Waals surface area contributed by atoms with Gasteiger partial charge in [-0.1, -0.05) is 0 Å². The van der Waals surface area contributed by atoms with Crippen LogP contribution in [0.4, 0.5) is 0 Å². The normalized spacial score (nSPS) is 13.1. The van der Waals surface area contributed by atoms with Gasteiger partial charge in [0.1, 0.15) is 0 Å². The molecule has 3 nitrogen and oxygen atoms in total. The topological polar surface area (TPSA) is 60.4 Å². The molecule has 0 spiro atoms. The molecular weight excluding hydrogens is 119 g/mol.